The number of nitriles is 2. The fourth-order valence-electron chi connectivity index (χ4n) is 6.33. The fourth-order valence-corrected chi connectivity index (χ4v) is 9.04. The Bertz CT molecular complexity index is 2890. The minimum absolute atomic E-state index is 0.0470. The molecule has 1 saturated carbocycles. The molecule has 0 heterocycles. The van der Waals surface area contributed by atoms with E-state index in [0.29, 0.717) is 37.1 Å². The van der Waals surface area contributed by atoms with E-state index >= 15 is 0 Å². The standard InChI is InChI=1S/C23H22ClF6N3O2S.C22H18ClF6N3O2S/c1-13(21(2,3)4)32-20(19(12-31)36(34,35)18-7-5-16(24)6-8-18)33-17-10-14(22(25,26)27)9-15(11-17)23(28,29)30;23-15-5-7-18(8-6-15)35(33,34)19(12-30)20(31-16-3-1-2-4-16)32-17-10-13(21(24,25)26)9-14(11-17)22(27,28)29/h5-11,13,32-33H,1-4H3;5-11,16,31-32H,1-4H2. The van der Waals surface area contributed by atoms with E-state index in [1.165, 1.54) is 36.4 Å². The molecule has 4 aromatic rings. The molecule has 0 spiro atoms. The zero-order chi connectivity index (χ0) is 53.7. The van der Waals surface area contributed by atoms with E-state index < -0.39 is 111 Å². The Balaban J connectivity index is 0.000000309. The first-order valence-electron chi connectivity index (χ1n) is 20.4. The number of allylic oxidation sites excluding steroid dienone is 2. The van der Waals surface area contributed by atoms with Gasteiger partial charge in [0.25, 0.3) is 0 Å². The third kappa shape index (κ3) is 15.3. The largest absolute Gasteiger partial charge is 0.416 e. The van der Waals surface area contributed by atoms with Gasteiger partial charge in [0.15, 0.2) is 9.81 Å². The van der Waals surface area contributed by atoms with Gasteiger partial charge in [-0.05, 0) is 110 Å². The summed E-state index contributed by atoms with van der Waals surface area (Å²) in [7, 11) is -9.08. The Hall–Kier alpha value is -5.82. The Kier molecular flexibility index (Phi) is 17.8. The molecule has 1 aliphatic carbocycles. The molecule has 1 unspecified atom stereocenters. The number of benzene rings is 4. The van der Waals surface area contributed by atoms with Crippen molar-refractivity contribution in [3.05, 3.63) is 139 Å². The highest BCUT2D eigenvalue weighted by Gasteiger charge is 2.39. The lowest BCUT2D eigenvalue weighted by molar-refractivity contribution is -0.144. The van der Waals surface area contributed by atoms with Gasteiger partial charge in [0.05, 0.1) is 32.0 Å². The molecule has 4 N–H and O–H groups in total. The van der Waals surface area contributed by atoms with Crippen LogP contribution < -0.4 is 21.3 Å². The van der Waals surface area contributed by atoms with Crippen molar-refractivity contribution >= 4 is 54.3 Å². The number of alkyl halides is 12. The molecule has 4 aromatic carbocycles. The number of hydrogen-bond acceptors (Lipinski definition) is 10. The molecule has 71 heavy (non-hydrogen) atoms. The fraction of sp³-hybridized carbons (Fsp3) is 0.333. The molecule has 26 heteroatoms. The van der Waals surface area contributed by atoms with Crippen LogP contribution in [-0.2, 0) is 44.4 Å². The molecule has 0 amide bonds. The summed E-state index contributed by atoms with van der Waals surface area (Å²) in [5, 5.41) is 30.0. The Labute approximate surface area is 410 Å². The maximum atomic E-state index is 13.3. The first-order chi connectivity index (χ1) is 32.5. The Morgan fingerprint density at radius 2 is 0.873 bits per heavy atom. The van der Waals surface area contributed by atoms with Gasteiger partial charge in [-0.1, -0.05) is 56.8 Å². The number of hydrogen-bond donors (Lipinski definition) is 4. The van der Waals surface area contributed by atoms with Crippen molar-refractivity contribution in [2.75, 3.05) is 10.6 Å². The van der Waals surface area contributed by atoms with Crippen LogP contribution in [0.3, 0.4) is 0 Å². The normalized spacial score (nSPS) is 15.2. The number of halogens is 14. The summed E-state index contributed by atoms with van der Waals surface area (Å²) in [6, 6.07) is 13.2. The highest BCUT2D eigenvalue weighted by Crippen LogP contribution is 2.40. The van der Waals surface area contributed by atoms with Crippen molar-refractivity contribution in [2.45, 2.75) is 100.0 Å². The lowest BCUT2D eigenvalue weighted by atomic mass is 9.88. The molecule has 384 valence electrons. The maximum Gasteiger partial charge on any atom is 0.416 e. The van der Waals surface area contributed by atoms with E-state index in [2.05, 4.69) is 21.3 Å². The number of nitrogens with zero attached hydrogens (tertiary/aromatic N) is 2. The van der Waals surface area contributed by atoms with Gasteiger partial charge in [-0.2, -0.15) is 63.2 Å². The molecule has 1 fully saturated rings. The first kappa shape index (κ1) is 57.8. The third-order valence-corrected chi connectivity index (χ3v) is 14.5. The van der Waals surface area contributed by atoms with Crippen LogP contribution >= 0.6 is 23.2 Å². The number of anilines is 2. The predicted octanol–water partition coefficient (Wildman–Crippen LogP) is 13.5. The molecule has 0 radical (unpaired) electrons. The number of sulfone groups is 2. The smallest absolute Gasteiger partial charge is 0.367 e. The maximum absolute atomic E-state index is 13.3. The van der Waals surface area contributed by atoms with Crippen molar-refractivity contribution in [3.8, 4) is 12.1 Å². The first-order valence-corrected chi connectivity index (χ1v) is 24.2. The van der Waals surface area contributed by atoms with E-state index in [4.69, 9.17) is 23.2 Å². The predicted molar refractivity (Wildman–Crippen MR) is 240 cm³/mol. The average molecular weight is 1090 g/mol. The van der Waals surface area contributed by atoms with Gasteiger partial charge in [0.1, 0.15) is 23.8 Å². The number of nitrogens with one attached hydrogen (secondary N) is 4. The highest BCUT2D eigenvalue weighted by molar-refractivity contribution is 7.96. The van der Waals surface area contributed by atoms with Gasteiger partial charge in [-0.25, -0.2) is 16.8 Å². The van der Waals surface area contributed by atoms with Gasteiger partial charge in [0.2, 0.25) is 19.7 Å². The zero-order valence-corrected chi connectivity index (χ0v) is 40.3. The molecule has 10 nitrogen and oxygen atoms in total. The molecular weight excluding hydrogens is 1050 g/mol. The molecule has 0 saturated heterocycles. The highest BCUT2D eigenvalue weighted by atomic mass is 35.5. The molecule has 1 aliphatic rings. The monoisotopic (exact) mass is 1090 g/mol. The van der Waals surface area contributed by atoms with E-state index in [0.717, 1.165) is 37.1 Å². The van der Waals surface area contributed by atoms with Crippen molar-refractivity contribution in [1.82, 2.24) is 10.6 Å². The second-order valence-corrected chi connectivity index (χ2v) is 21.4. The van der Waals surface area contributed by atoms with Gasteiger partial charge in [0, 0.05) is 33.5 Å². The summed E-state index contributed by atoms with van der Waals surface area (Å²) in [5.41, 5.74) is -8.36. The summed E-state index contributed by atoms with van der Waals surface area (Å²) < 4.78 is 212. The van der Waals surface area contributed by atoms with Gasteiger partial charge in [-0.3, -0.25) is 0 Å². The Morgan fingerprint density at radius 3 is 1.17 bits per heavy atom. The van der Waals surface area contributed by atoms with Crippen molar-refractivity contribution in [2.24, 2.45) is 5.41 Å². The van der Waals surface area contributed by atoms with E-state index in [1.807, 2.05) is 0 Å². The van der Waals surface area contributed by atoms with Gasteiger partial charge >= 0.3 is 24.7 Å². The van der Waals surface area contributed by atoms with Crippen LogP contribution in [0.5, 0.6) is 0 Å². The SMILES string of the molecule is CC(NC(Nc1cc(C(F)(F)F)cc(C(F)(F)F)c1)=C(C#N)S(=O)(=O)c1ccc(Cl)cc1)C(C)(C)C.N#CC(=C(Nc1cc(C(F)(F)F)cc(C(F)(F)F)c1)NC1CCCC1)S(=O)(=O)c1ccc(Cl)cc1. The van der Waals surface area contributed by atoms with Crippen LogP contribution in [0, 0.1) is 28.1 Å². The van der Waals surface area contributed by atoms with E-state index in [1.54, 1.807) is 27.7 Å². The van der Waals surface area contributed by atoms with Crippen LogP contribution in [0.1, 0.15) is 75.6 Å². The average Bonchev–Trinajstić information content (AvgIpc) is 3.76. The minimum atomic E-state index is -5.12. The molecule has 0 bridgehead atoms. The lowest BCUT2D eigenvalue weighted by Crippen LogP contribution is -2.40. The van der Waals surface area contributed by atoms with E-state index in [9.17, 15) is 80.0 Å². The third-order valence-electron chi connectivity index (χ3n) is 10.5. The molecule has 0 aromatic heterocycles. The number of rotatable bonds is 12. The summed E-state index contributed by atoms with van der Waals surface area (Å²) in [6.07, 6.45) is -17.8. The van der Waals surface area contributed by atoms with E-state index in [-0.39, 0.29) is 38.0 Å². The van der Waals surface area contributed by atoms with Gasteiger partial charge in [-0.15, -0.1) is 0 Å². The topological polar surface area (TPSA) is 164 Å². The van der Waals surface area contributed by atoms with Crippen LogP contribution in [0.2, 0.25) is 10.0 Å². The second-order valence-electron chi connectivity index (χ2n) is 16.7. The summed E-state index contributed by atoms with van der Waals surface area (Å²) in [4.78, 5) is -2.51. The van der Waals surface area contributed by atoms with Gasteiger partial charge < -0.3 is 21.3 Å². The van der Waals surface area contributed by atoms with Crippen LogP contribution in [-0.4, -0.2) is 28.9 Å². The summed E-state index contributed by atoms with van der Waals surface area (Å²) >= 11 is 11.6. The van der Waals surface area contributed by atoms with Crippen molar-refractivity contribution < 1.29 is 69.5 Å². The van der Waals surface area contributed by atoms with Crippen LogP contribution in [0.15, 0.2) is 116 Å². The molecule has 1 atom stereocenters. The quantitative estimate of drug-likeness (QED) is 0.0793. The molecule has 5 rings (SSSR count). The van der Waals surface area contributed by atoms with Crippen molar-refractivity contribution in [3.63, 3.8) is 0 Å². The summed E-state index contributed by atoms with van der Waals surface area (Å²) in [6.45, 7) is 6.88. The lowest BCUT2D eigenvalue weighted by Gasteiger charge is -2.31. The molecule has 0 aliphatic heterocycles. The second kappa shape index (κ2) is 21.9. The minimum Gasteiger partial charge on any atom is -0.367 e. The Morgan fingerprint density at radius 1 is 0.563 bits per heavy atom. The molecular formula is C45H40Cl2F12N6O4S2. The summed E-state index contributed by atoms with van der Waals surface area (Å²) in [5.74, 6) is -1.09. The van der Waals surface area contributed by atoms with Crippen LogP contribution in [0.4, 0.5) is 64.1 Å². The van der Waals surface area contributed by atoms with Crippen molar-refractivity contribution in [1.29, 1.82) is 10.5 Å². The van der Waals surface area contributed by atoms with Crippen LogP contribution in [0.25, 0.3) is 0 Å². The zero-order valence-electron chi connectivity index (χ0n) is 37.2.